The molecule has 31 heavy (non-hydrogen) atoms. The molecule has 1 saturated heterocycles. The van der Waals surface area contributed by atoms with Gasteiger partial charge in [0.25, 0.3) is 0 Å². The lowest BCUT2D eigenvalue weighted by Crippen LogP contribution is -2.64. The van der Waals surface area contributed by atoms with Crippen LogP contribution in [0.1, 0.15) is 31.0 Å². The van der Waals surface area contributed by atoms with E-state index in [9.17, 15) is 0 Å². The fraction of sp³-hybridized carbons (Fsp3) is 0.429. The van der Waals surface area contributed by atoms with Crippen molar-refractivity contribution in [3.8, 4) is 0 Å². The lowest BCUT2D eigenvalue weighted by molar-refractivity contribution is 0.227. The van der Waals surface area contributed by atoms with Crippen molar-refractivity contribution < 1.29 is 0 Å². The molecule has 2 fully saturated rings. The number of hydrogen-bond acceptors (Lipinski definition) is 2. The van der Waals surface area contributed by atoms with Crippen molar-refractivity contribution in [3.63, 3.8) is 0 Å². The molecule has 1 aliphatic heterocycles. The average molecular weight is 427 g/mol. The number of nitrogens with zero attached hydrogens (tertiary/aromatic N) is 1. The Morgan fingerprint density at radius 1 is 0.806 bits per heavy atom. The van der Waals surface area contributed by atoms with Crippen molar-refractivity contribution in [2.24, 2.45) is 23.7 Å². The summed E-state index contributed by atoms with van der Waals surface area (Å²) in [5.41, 5.74) is 3.51. The van der Waals surface area contributed by atoms with Crippen LogP contribution in [0.25, 0.3) is 6.08 Å². The molecule has 1 aromatic carbocycles. The fourth-order valence-electron chi connectivity index (χ4n) is 7.90. The SMILES string of the molecule is CC1(C)NC2c3ccccc3C=C[C@H]2N1[Si](C)(C)C1C2C=CC=CC2C2C=CC=CC21. The van der Waals surface area contributed by atoms with Crippen LogP contribution in [0.15, 0.2) is 78.9 Å². The Labute approximate surface area is 188 Å². The minimum atomic E-state index is -1.87. The third kappa shape index (κ3) is 2.76. The summed E-state index contributed by atoms with van der Waals surface area (Å²) in [6, 6.07) is 9.73. The quantitative estimate of drug-likeness (QED) is 0.577. The molecule has 5 aliphatic rings. The van der Waals surface area contributed by atoms with E-state index in [-0.39, 0.29) is 5.66 Å². The van der Waals surface area contributed by atoms with E-state index in [0.717, 1.165) is 0 Å². The second-order valence-electron chi connectivity index (χ2n) is 11.1. The zero-order valence-electron chi connectivity index (χ0n) is 19.1. The van der Waals surface area contributed by atoms with Crippen LogP contribution in [0.2, 0.25) is 18.6 Å². The van der Waals surface area contributed by atoms with Crippen LogP contribution in [-0.4, -0.2) is 24.5 Å². The highest BCUT2D eigenvalue weighted by Crippen LogP contribution is 2.60. The van der Waals surface area contributed by atoms with Gasteiger partial charge in [-0.3, -0.25) is 9.88 Å². The molecule has 6 rings (SSSR count). The number of allylic oxidation sites excluding steroid dienone is 8. The van der Waals surface area contributed by atoms with Crippen molar-refractivity contribution in [2.45, 2.75) is 50.2 Å². The molecular formula is C28H34N2Si. The van der Waals surface area contributed by atoms with Crippen molar-refractivity contribution in [1.82, 2.24) is 9.88 Å². The number of rotatable bonds is 2. The van der Waals surface area contributed by atoms with Crippen LogP contribution in [0, 0.1) is 23.7 Å². The zero-order valence-corrected chi connectivity index (χ0v) is 20.1. The van der Waals surface area contributed by atoms with E-state index in [1.54, 1.807) is 0 Å². The smallest absolute Gasteiger partial charge is 0.129 e. The van der Waals surface area contributed by atoms with Crippen LogP contribution in [-0.2, 0) is 0 Å². The van der Waals surface area contributed by atoms with Gasteiger partial charge in [0, 0.05) is 6.04 Å². The van der Waals surface area contributed by atoms with Gasteiger partial charge in [-0.05, 0) is 54.2 Å². The van der Waals surface area contributed by atoms with E-state index >= 15 is 0 Å². The highest BCUT2D eigenvalue weighted by molar-refractivity contribution is 6.76. The van der Waals surface area contributed by atoms with Gasteiger partial charge in [-0.2, -0.15) is 0 Å². The largest absolute Gasteiger partial charge is 0.299 e. The average Bonchev–Trinajstić information content (AvgIpc) is 3.25. The Balaban J connectivity index is 1.43. The van der Waals surface area contributed by atoms with Crippen molar-refractivity contribution in [1.29, 1.82) is 0 Å². The van der Waals surface area contributed by atoms with Gasteiger partial charge in [-0.25, -0.2) is 0 Å². The normalized spacial score (nSPS) is 39.3. The first-order chi connectivity index (χ1) is 14.9. The van der Waals surface area contributed by atoms with Gasteiger partial charge < -0.3 is 0 Å². The number of hydrogen-bond donors (Lipinski definition) is 1. The minimum Gasteiger partial charge on any atom is -0.299 e. The second kappa shape index (κ2) is 6.78. The van der Waals surface area contributed by atoms with Crippen LogP contribution in [0.4, 0.5) is 0 Å². The zero-order chi connectivity index (χ0) is 21.4. The Hall–Kier alpha value is -1.94. The molecule has 160 valence electrons. The lowest BCUT2D eigenvalue weighted by Gasteiger charge is -2.51. The van der Waals surface area contributed by atoms with Crippen molar-refractivity contribution in [2.75, 3.05) is 0 Å². The van der Waals surface area contributed by atoms with Gasteiger partial charge in [-0.1, -0.05) is 98.1 Å². The predicted molar refractivity (Wildman–Crippen MR) is 133 cm³/mol. The van der Waals surface area contributed by atoms with Gasteiger partial charge in [0.2, 0.25) is 0 Å². The summed E-state index contributed by atoms with van der Waals surface area (Å²) in [4.78, 5) is 0. The van der Waals surface area contributed by atoms with Crippen LogP contribution >= 0.6 is 0 Å². The maximum atomic E-state index is 4.06. The van der Waals surface area contributed by atoms with E-state index in [1.807, 2.05) is 0 Å². The predicted octanol–water partition coefficient (Wildman–Crippen LogP) is 6.07. The number of nitrogens with one attached hydrogen (secondary N) is 1. The monoisotopic (exact) mass is 426 g/mol. The molecule has 0 spiro atoms. The molecule has 2 nitrogen and oxygen atoms in total. The second-order valence-corrected chi connectivity index (χ2v) is 15.5. The lowest BCUT2D eigenvalue weighted by atomic mass is 9.83. The van der Waals surface area contributed by atoms with Crippen LogP contribution in [0.5, 0.6) is 0 Å². The number of benzene rings is 1. The van der Waals surface area contributed by atoms with Crippen molar-refractivity contribution in [3.05, 3.63) is 90.1 Å². The van der Waals surface area contributed by atoms with Gasteiger partial charge >= 0.3 is 0 Å². The maximum Gasteiger partial charge on any atom is 0.129 e. The first-order valence-electron chi connectivity index (χ1n) is 11.9. The molecule has 4 aliphatic carbocycles. The summed E-state index contributed by atoms with van der Waals surface area (Å²) >= 11 is 0. The summed E-state index contributed by atoms with van der Waals surface area (Å²) in [6.45, 7) is 10.1. The van der Waals surface area contributed by atoms with Crippen LogP contribution < -0.4 is 5.32 Å². The summed E-state index contributed by atoms with van der Waals surface area (Å²) in [5.74, 6) is 2.57. The van der Waals surface area contributed by atoms with E-state index in [0.29, 0.717) is 41.3 Å². The molecular weight excluding hydrogens is 392 g/mol. The minimum absolute atomic E-state index is 0.0249. The van der Waals surface area contributed by atoms with E-state index in [4.69, 9.17) is 0 Å². The molecule has 0 radical (unpaired) electrons. The molecule has 3 heteroatoms. The maximum absolute atomic E-state index is 4.06. The summed E-state index contributed by atoms with van der Waals surface area (Å²) < 4.78 is 2.94. The van der Waals surface area contributed by atoms with E-state index in [1.165, 1.54) is 11.1 Å². The Morgan fingerprint density at radius 2 is 1.39 bits per heavy atom. The van der Waals surface area contributed by atoms with E-state index in [2.05, 4.69) is 122 Å². The molecule has 1 heterocycles. The molecule has 0 bridgehead atoms. The third-order valence-electron chi connectivity index (χ3n) is 8.71. The Bertz CT molecular complexity index is 1010. The fourth-order valence-corrected chi connectivity index (χ4v) is 13.3. The molecule has 1 aromatic rings. The number of fused-ring (bicyclic) bond motifs is 6. The summed E-state index contributed by atoms with van der Waals surface area (Å²) in [7, 11) is -1.87. The van der Waals surface area contributed by atoms with E-state index < -0.39 is 8.24 Å². The van der Waals surface area contributed by atoms with Crippen LogP contribution in [0.3, 0.4) is 0 Å². The van der Waals surface area contributed by atoms with Gasteiger partial charge in [0.1, 0.15) is 8.24 Å². The first kappa shape index (κ1) is 19.7. The Morgan fingerprint density at radius 3 is 2.03 bits per heavy atom. The summed E-state index contributed by atoms with van der Waals surface area (Å²) in [5, 5.41) is 4.06. The highest BCUT2D eigenvalue weighted by Gasteiger charge is 2.61. The molecule has 1 saturated carbocycles. The first-order valence-corrected chi connectivity index (χ1v) is 15.0. The Kier molecular flexibility index (Phi) is 4.31. The summed E-state index contributed by atoms with van der Waals surface area (Å²) in [6.07, 6.45) is 24.1. The highest BCUT2D eigenvalue weighted by atomic mass is 28.3. The van der Waals surface area contributed by atoms with Crippen molar-refractivity contribution >= 4 is 14.3 Å². The molecule has 0 aromatic heterocycles. The molecule has 0 amide bonds. The van der Waals surface area contributed by atoms with Gasteiger partial charge in [0.15, 0.2) is 0 Å². The third-order valence-corrected chi connectivity index (χ3v) is 13.2. The van der Waals surface area contributed by atoms with Gasteiger partial charge in [0.05, 0.1) is 11.7 Å². The molecule has 5 unspecified atom stereocenters. The standard InChI is InChI=1S/C28H34N2Si/c1-28(2)29-26-20-12-6-5-11-19(20)17-18-25(26)30(28)31(3,4)27-23-15-9-7-13-21(23)22-14-8-10-16-24(22)27/h5-18,21-27,29H,1-4H3/t21?,22?,23?,24?,25-,26?,27?/m1/s1. The molecule has 6 atom stereocenters. The van der Waals surface area contributed by atoms with Gasteiger partial charge in [-0.15, -0.1) is 0 Å². The topological polar surface area (TPSA) is 15.3 Å². The molecule has 1 N–H and O–H groups in total.